The molecule has 10 heteroatoms. The van der Waals surface area contributed by atoms with E-state index in [0.717, 1.165) is 23.9 Å². The van der Waals surface area contributed by atoms with Crippen LogP contribution in [0.3, 0.4) is 0 Å². The molecule has 2 N–H and O–H groups in total. The first-order chi connectivity index (χ1) is 13.1. The summed E-state index contributed by atoms with van der Waals surface area (Å²) in [6.45, 7) is 1.38. The lowest BCUT2D eigenvalue weighted by molar-refractivity contribution is -0.274. The number of Topliss-reactive ketones (excluding diaryl/α,β-unsaturated/α-hetero) is 1. The minimum Gasteiger partial charge on any atom is -0.406 e. The molecule has 0 saturated heterocycles. The predicted molar refractivity (Wildman–Crippen MR) is 99.7 cm³/mol. The highest BCUT2D eigenvalue weighted by molar-refractivity contribution is 8.14. The number of benzene rings is 2. The second-order valence-corrected chi connectivity index (χ2v) is 6.58. The highest BCUT2D eigenvalue weighted by atomic mass is 32.2. The lowest BCUT2D eigenvalue weighted by Gasteiger charge is -2.11. The van der Waals surface area contributed by atoms with E-state index in [1.807, 2.05) is 0 Å². The second kappa shape index (κ2) is 9.27. The average molecular weight is 412 g/mol. The van der Waals surface area contributed by atoms with Crippen LogP contribution in [-0.4, -0.2) is 29.0 Å². The van der Waals surface area contributed by atoms with Crippen molar-refractivity contribution in [2.75, 3.05) is 16.4 Å². The van der Waals surface area contributed by atoms with E-state index in [1.54, 1.807) is 0 Å². The minimum absolute atomic E-state index is 0.0383. The lowest BCUT2D eigenvalue weighted by Crippen LogP contribution is -2.19. The van der Waals surface area contributed by atoms with Crippen LogP contribution < -0.4 is 15.4 Å². The maximum atomic E-state index is 12.1. The van der Waals surface area contributed by atoms with Crippen LogP contribution in [0.2, 0.25) is 0 Å². The van der Waals surface area contributed by atoms with Crippen molar-refractivity contribution in [2.45, 2.75) is 13.3 Å². The van der Waals surface area contributed by atoms with Gasteiger partial charge in [-0.2, -0.15) is 0 Å². The molecule has 2 aromatic carbocycles. The normalized spacial score (nSPS) is 10.9. The summed E-state index contributed by atoms with van der Waals surface area (Å²) in [6.07, 6.45) is -4.79. The number of carbonyl (C=O) groups excluding carboxylic acids is 3. The zero-order chi connectivity index (χ0) is 20.7. The van der Waals surface area contributed by atoms with Gasteiger partial charge in [0.1, 0.15) is 5.75 Å². The van der Waals surface area contributed by atoms with Crippen LogP contribution in [0.15, 0.2) is 48.5 Å². The zero-order valence-corrected chi connectivity index (χ0v) is 15.3. The number of ether oxygens (including phenoxy) is 1. The quantitative estimate of drug-likeness (QED) is 0.673. The predicted octanol–water partition coefficient (Wildman–Crippen LogP) is 4.69. The Morgan fingerprint density at radius 2 is 1.43 bits per heavy atom. The summed E-state index contributed by atoms with van der Waals surface area (Å²) >= 11 is 0.915. The first kappa shape index (κ1) is 21.3. The van der Waals surface area contributed by atoms with Gasteiger partial charge in [0.05, 0.1) is 5.75 Å². The molecule has 0 atom stereocenters. The summed E-state index contributed by atoms with van der Waals surface area (Å²) in [5.41, 5.74) is 1.07. The Bertz CT molecular complexity index is 853. The third kappa shape index (κ3) is 7.31. The smallest absolute Gasteiger partial charge is 0.406 e. The van der Waals surface area contributed by atoms with E-state index in [1.165, 1.54) is 43.3 Å². The Balaban J connectivity index is 1.89. The van der Waals surface area contributed by atoms with Crippen LogP contribution in [-0.2, 0) is 4.79 Å². The third-order valence-corrected chi connectivity index (χ3v) is 4.03. The number of thioether (sulfide) groups is 1. The Labute approximate surface area is 162 Å². The molecule has 28 heavy (non-hydrogen) atoms. The number of amides is 2. The van der Waals surface area contributed by atoms with Crippen LogP contribution in [0.4, 0.5) is 29.3 Å². The van der Waals surface area contributed by atoms with Gasteiger partial charge in [0.25, 0.3) is 0 Å². The molecule has 0 saturated carbocycles. The van der Waals surface area contributed by atoms with Gasteiger partial charge in [-0.25, -0.2) is 4.79 Å². The average Bonchev–Trinajstić information content (AvgIpc) is 2.60. The molecule has 0 aliphatic carbocycles. The number of carbonyl (C=O) groups is 3. The Kier molecular flexibility index (Phi) is 7.05. The van der Waals surface area contributed by atoms with E-state index in [4.69, 9.17) is 0 Å². The van der Waals surface area contributed by atoms with Crippen LogP contribution >= 0.6 is 11.8 Å². The maximum Gasteiger partial charge on any atom is 0.573 e. The fraction of sp³-hybridized carbons (Fsp3) is 0.167. The van der Waals surface area contributed by atoms with Crippen LogP contribution in [0.25, 0.3) is 0 Å². The van der Waals surface area contributed by atoms with E-state index in [2.05, 4.69) is 15.4 Å². The number of nitrogens with one attached hydrogen (secondary N) is 2. The molecule has 0 bridgehead atoms. The second-order valence-electron chi connectivity index (χ2n) is 5.43. The highest BCUT2D eigenvalue weighted by Gasteiger charge is 2.30. The molecule has 2 aromatic rings. The van der Waals surface area contributed by atoms with Crippen molar-refractivity contribution in [3.05, 3.63) is 54.1 Å². The van der Waals surface area contributed by atoms with E-state index in [9.17, 15) is 27.6 Å². The molecule has 0 aliphatic heterocycles. The van der Waals surface area contributed by atoms with Crippen molar-refractivity contribution >= 4 is 40.1 Å². The summed E-state index contributed by atoms with van der Waals surface area (Å²) in [4.78, 5) is 34.7. The third-order valence-electron chi connectivity index (χ3n) is 3.22. The Morgan fingerprint density at radius 3 is 1.89 bits per heavy atom. The fourth-order valence-corrected chi connectivity index (χ4v) is 2.52. The van der Waals surface area contributed by atoms with Crippen LogP contribution in [0.5, 0.6) is 5.75 Å². The molecule has 2 rings (SSSR count). The van der Waals surface area contributed by atoms with Crippen molar-refractivity contribution in [1.82, 2.24) is 0 Å². The van der Waals surface area contributed by atoms with Gasteiger partial charge in [0.2, 0.25) is 0 Å². The molecule has 0 heterocycles. The lowest BCUT2D eigenvalue weighted by atomic mass is 10.1. The van der Waals surface area contributed by atoms with Crippen molar-refractivity contribution in [1.29, 1.82) is 0 Å². The summed E-state index contributed by atoms with van der Waals surface area (Å²) in [5, 5.41) is 4.83. The van der Waals surface area contributed by atoms with Crippen LogP contribution in [0, 0.1) is 0 Å². The van der Waals surface area contributed by atoms with Gasteiger partial charge in [-0.3, -0.25) is 9.59 Å². The number of rotatable bonds is 6. The van der Waals surface area contributed by atoms with Crippen molar-refractivity contribution in [3.63, 3.8) is 0 Å². The molecule has 0 aromatic heterocycles. The van der Waals surface area contributed by atoms with Gasteiger partial charge in [-0.05, 0) is 48.5 Å². The monoisotopic (exact) mass is 412 g/mol. The number of anilines is 2. The van der Waals surface area contributed by atoms with Gasteiger partial charge in [0, 0.05) is 23.9 Å². The Morgan fingerprint density at radius 1 is 0.929 bits per heavy atom. The van der Waals surface area contributed by atoms with Crippen molar-refractivity contribution in [2.24, 2.45) is 0 Å². The molecule has 0 spiro atoms. The van der Waals surface area contributed by atoms with E-state index in [-0.39, 0.29) is 22.3 Å². The van der Waals surface area contributed by atoms with Gasteiger partial charge in [0.15, 0.2) is 10.9 Å². The molecule has 148 valence electrons. The molecule has 0 fully saturated rings. The maximum absolute atomic E-state index is 12.1. The topological polar surface area (TPSA) is 84.5 Å². The SMILES string of the molecule is CC(=O)SCC(=O)c1ccc(NC(=O)Nc2ccc(OC(F)(F)F)cc2)cc1. The van der Waals surface area contributed by atoms with Crippen molar-refractivity contribution in [3.8, 4) is 5.75 Å². The number of alkyl halides is 3. The van der Waals surface area contributed by atoms with Gasteiger partial charge < -0.3 is 15.4 Å². The van der Waals surface area contributed by atoms with Gasteiger partial charge in [-0.1, -0.05) is 11.8 Å². The first-order valence-electron chi connectivity index (χ1n) is 7.83. The van der Waals surface area contributed by atoms with Crippen LogP contribution in [0.1, 0.15) is 17.3 Å². The summed E-state index contributed by atoms with van der Waals surface area (Å²) < 4.78 is 40.1. The van der Waals surface area contributed by atoms with E-state index < -0.39 is 18.1 Å². The van der Waals surface area contributed by atoms with Crippen molar-refractivity contribution < 1.29 is 32.3 Å². The number of hydrogen-bond acceptors (Lipinski definition) is 5. The molecule has 0 unspecified atom stereocenters. The number of ketones is 1. The molecule has 0 aliphatic rings. The fourth-order valence-electron chi connectivity index (χ4n) is 2.02. The Hall–Kier alpha value is -3.01. The zero-order valence-electron chi connectivity index (χ0n) is 14.5. The first-order valence-corrected chi connectivity index (χ1v) is 8.81. The summed E-state index contributed by atoms with van der Waals surface area (Å²) in [5.74, 6) is -0.574. The van der Waals surface area contributed by atoms with E-state index in [0.29, 0.717) is 11.3 Å². The standard InChI is InChI=1S/C18H15F3N2O4S/c1-11(24)28-10-16(25)12-2-4-13(5-3-12)22-17(26)23-14-6-8-15(9-7-14)27-18(19,20)21/h2-9H,10H2,1H3,(H2,22,23,26). The largest absolute Gasteiger partial charge is 0.573 e. The van der Waals surface area contributed by atoms with Gasteiger partial charge in [-0.15, -0.1) is 13.2 Å². The number of hydrogen-bond donors (Lipinski definition) is 2. The molecule has 0 radical (unpaired) electrons. The van der Waals surface area contributed by atoms with Gasteiger partial charge >= 0.3 is 12.4 Å². The number of urea groups is 1. The molecular weight excluding hydrogens is 397 g/mol. The highest BCUT2D eigenvalue weighted by Crippen LogP contribution is 2.24. The summed E-state index contributed by atoms with van der Waals surface area (Å²) in [6, 6.07) is 10.1. The summed E-state index contributed by atoms with van der Waals surface area (Å²) in [7, 11) is 0. The molecular formula is C18H15F3N2O4S. The number of halogens is 3. The van der Waals surface area contributed by atoms with E-state index >= 15 is 0 Å². The minimum atomic E-state index is -4.79. The molecule has 2 amide bonds. The molecule has 6 nitrogen and oxygen atoms in total.